The van der Waals surface area contributed by atoms with Gasteiger partial charge in [0.15, 0.2) is 0 Å². The fourth-order valence-electron chi connectivity index (χ4n) is 1.31. The molecule has 2 nitrogen and oxygen atoms in total. The van der Waals surface area contributed by atoms with Gasteiger partial charge in [-0.25, -0.2) is 0 Å². The minimum atomic E-state index is -0.529. The highest BCUT2D eigenvalue weighted by Gasteiger charge is 2.11. The van der Waals surface area contributed by atoms with E-state index in [2.05, 4.69) is 0 Å². The van der Waals surface area contributed by atoms with Gasteiger partial charge in [0.25, 0.3) is 0 Å². The van der Waals surface area contributed by atoms with Crippen molar-refractivity contribution in [3.05, 3.63) is 35.3 Å². The topological polar surface area (TPSA) is 33.4 Å². The minimum absolute atomic E-state index is 0.529. The summed E-state index contributed by atoms with van der Waals surface area (Å²) in [6.45, 7) is 5.95. The van der Waals surface area contributed by atoms with Crippen molar-refractivity contribution in [2.75, 3.05) is 0 Å². The van der Waals surface area contributed by atoms with Crippen LogP contribution in [0.15, 0.2) is 28.4 Å². The number of hydrogen-bond acceptors (Lipinski definition) is 2. The molecule has 0 radical (unpaired) electrons. The van der Waals surface area contributed by atoms with Crippen LogP contribution in [0.2, 0.25) is 0 Å². The van der Waals surface area contributed by atoms with Gasteiger partial charge in [-0.2, -0.15) is 0 Å². The second kappa shape index (κ2) is 4.28. The summed E-state index contributed by atoms with van der Waals surface area (Å²) >= 11 is 0. The molecular formula is C11H16O2. The molecule has 0 spiro atoms. The highest BCUT2D eigenvalue weighted by Crippen LogP contribution is 2.21. The van der Waals surface area contributed by atoms with Crippen molar-refractivity contribution in [2.24, 2.45) is 0 Å². The van der Waals surface area contributed by atoms with Crippen LogP contribution in [0.1, 0.15) is 38.2 Å². The molecule has 0 amide bonds. The van der Waals surface area contributed by atoms with Crippen LogP contribution in [-0.2, 0) is 6.42 Å². The van der Waals surface area contributed by atoms with E-state index in [0.29, 0.717) is 0 Å². The molecule has 0 bridgehead atoms. The van der Waals surface area contributed by atoms with Crippen molar-refractivity contribution in [3.8, 4) is 0 Å². The zero-order valence-corrected chi connectivity index (χ0v) is 8.37. The maximum Gasteiger partial charge on any atom is 0.109 e. The molecule has 1 N–H and O–H groups in total. The van der Waals surface area contributed by atoms with E-state index in [1.165, 1.54) is 0 Å². The van der Waals surface area contributed by atoms with Gasteiger partial charge in [0.1, 0.15) is 11.9 Å². The molecule has 1 rings (SSSR count). The van der Waals surface area contributed by atoms with E-state index in [1.54, 1.807) is 6.26 Å². The first-order valence-electron chi connectivity index (χ1n) is 4.54. The van der Waals surface area contributed by atoms with Gasteiger partial charge in [-0.3, -0.25) is 0 Å². The summed E-state index contributed by atoms with van der Waals surface area (Å²) in [5.41, 5.74) is 1.99. The van der Waals surface area contributed by atoms with Crippen LogP contribution in [0.25, 0.3) is 0 Å². The molecule has 0 aliphatic rings. The summed E-state index contributed by atoms with van der Waals surface area (Å²) in [5, 5.41) is 9.76. The van der Waals surface area contributed by atoms with E-state index in [0.717, 1.165) is 23.3 Å². The Morgan fingerprint density at radius 2 is 2.31 bits per heavy atom. The molecule has 1 aromatic rings. The molecule has 1 atom stereocenters. The first-order chi connectivity index (χ1) is 6.15. The van der Waals surface area contributed by atoms with Gasteiger partial charge in [0, 0.05) is 12.0 Å². The fraction of sp³-hybridized carbons (Fsp3) is 0.455. The quantitative estimate of drug-likeness (QED) is 0.725. The summed E-state index contributed by atoms with van der Waals surface area (Å²) in [6, 6.07) is 1.82. The van der Waals surface area contributed by atoms with E-state index in [-0.39, 0.29) is 0 Å². The average molecular weight is 180 g/mol. The number of aryl methyl sites for hydroxylation is 1. The molecule has 0 aliphatic heterocycles. The van der Waals surface area contributed by atoms with Crippen LogP contribution in [0.3, 0.4) is 0 Å². The normalized spacial score (nSPS) is 12.6. The molecule has 0 fully saturated rings. The molecule has 0 saturated carbocycles. The second-order valence-corrected chi connectivity index (χ2v) is 3.34. The van der Waals surface area contributed by atoms with Gasteiger partial charge in [-0.1, -0.05) is 18.6 Å². The molecule has 2 heteroatoms. The Kier molecular flexibility index (Phi) is 3.32. The third-order valence-electron chi connectivity index (χ3n) is 1.91. The third-order valence-corrected chi connectivity index (χ3v) is 1.91. The number of allylic oxidation sites excluding steroid dienone is 1. The Balaban J connectivity index is 2.88. The number of hydrogen-bond donors (Lipinski definition) is 1. The lowest BCUT2D eigenvalue weighted by Gasteiger charge is -2.05. The van der Waals surface area contributed by atoms with Gasteiger partial charge in [-0.05, 0) is 19.9 Å². The number of aliphatic hydroxyl groups excluding tert-OH is 1. The van der Waals surface area contributed by atoms with E-state index in [4.69, 9.17) is 4.42 Å². The molecule has 1 heterocycles. The first-order valence-corrected chi connectivity index (χ1v) is 4.54. The van der Waals surface area contributed by atoms with Gasteiger partial charge < -0.3 is 9.52 Å². The fourth-order valence-corrected chi connectivity index (χ4v) is 1.31. The predicted molar refractivity (Wildman–Crippen MR) is 52.5 cm³/mol. The third kappa shape index (κ3) is 2.46. The molecule has 1 aromatic heterocycles. The van der Waals surface area contributed by atoms with Crippen LogP contribution in [-0.4, -0.2) is 5.11 Å². The minimum Gasteiger partial charge on any atom is -0.469 e. The molecule has 72 valence electrons. The standard InChI is InChI=1S/C11H16O2/c1-4-11-9(5-6-13-11)10(12)7-8(2)3/h5-7,10,12H,4H2,1-3H3. The maximum absolute atomic E-state index is 9.76. The van der Waals surface area contributed by atoms with Crippen LogP contribution in [0.4, 0.5) is 0 Å². The Morgan fingerprint density at radius 1 is 1.62 bits per heavy atom. The SMILES string of the molecule is CCc1occc1C(O)C=C(C)C. The Hall–Kier alpha value is -1.02. The first kappa shape index (κ1) is 10.1. The summed E-state index contributed by atoms with van der Waals surface area (Å²) in [7, 11) is 0. The monoisotopic (exact) mass is 180 g/mol. The van der Waals surface area contributed by atoms with E-state index in [1.807, 2.05) is 32.9 Å². The molecular weight excluding hydrogens is 164 g/mol. The van der Waals surface area contributed by atoms with Crippen molar-refractivity contribution >= 4 is 0 Å². The lowest BCUT2D eigenvalue weighted by atomic mass is 10.1. The number of rotatable bonds is 3. The average Bonchev–Trinajstić information content (AvgIpc) is 2.49. The molecule has 0 saturated heterocycles. The van der Waals surface area contributed by atoms with Crippen molar-refractivity contribution in [2.45, 2.75) is 33.3 Å². The lowest BCUT2D eigenvalue weighted by Crippen LogP contribution is -1.95. The van der Waals surface area contributed by atoms with Crippen LogP contribution in [0, 0.1) is 0 Å². The number of furan rings is 1. The Bertz CT molecular complexity index is 293. The highest BCUT2D eigenvalue weighted by molar-refractivity contribution is 5.24. The van der Waals surface area contributed by atoms with Crippen molar-refractivity contribution in [1.29, 1.82) is 0 Å². The van der Waals surface area contributed by atoms with Crippen molar-refractivity contribution < 1.29 is 9.52 Å². The highest BCUT2D eigenvalue weighted by atomic mass is 16.3. The van der Waals surface area contributed by atoms with E-state index < -0.39 is 6.10 Å². The summed E-state index contributed by atoms with van der Waals surface area (Å²) < 4.78 is 5.23. The van der Waals surface area contributed by atoms with Gasteiger partial charge in [0.2, 0.25) is 0 Å². The largest absolute Gasteiger partial charge is 0.469 e. The molecule has 13 heavy (non-hydrogen) atoms. The van der Waals surface area contributed by atoms with Crippen LogP contribution < -0.4 is 0 Å². The molecule has 0 aromatic carbocycles. The maximum atomic E-state index is 9.76. The summed E-state index contributed by atoms with van der Waals surface area (Å²) in [5.74, 6) is 0.866. The Morgan fingerprint density at radius 3 is 2.85 bits per heavy atom. The zero-order valence-electron chi connectivity index (χ0n) is 8.37. The Labute approximate surface area is 78.9 Å². The van der Waals surface area contributed by atoms with Crippen molar-refractivity contribution in [1.82, 2.24) is 0 Å². The van der Waals surface area contributed by atoms with E-state index >= 15 is 0 Å². The second-order valence-electron chi connectivity index (χ2n) is 3.34. The van der Waals surface area contributed by atoms with Gasteiger partial charge in [-0.15, -0.1) is 0 Å². The molecule has 0 aliphatic carbocycles. The van der Waals surface area contributed by atoms with Crippen molar-refractivity contribution in [3.63, 3.8) is 0 Å². The van der Waals surface area contributed by atoms with E-state index in [9.17, 15) is 5.11 Å². The summed E-state index contributed by atoms with van der Waals surface area (Å²) in [4.78, 5) is 0. The smallest absolute Gasteiger partial charge is 0.109 e. The summed E-state index contributed by atoms with van der Waals surface area (Å²) in [6.07, 6.45) is 3.73. The molecule has 1 unspecified atom stereocenters. The van der Waals surface area contributed by atoms with Gasteiger partial charge >= 0.3 is 0 Å². The van der Waals surface area contributed by atoms with Crippen LogP contribution >= 0.6 is 0 Å². The predicted octanol–water partition coefficient (Wildman–Crippen LogP) is 2.84. The number of aliphatic hydroxyl groups is 1. The van der Waals surface area contributed by atoms with Gasteiger partial charge in [0.05, 0.1) is 6.26 Å². The lowest BCUT2D eigenvalue weighted by molar-refractivity contribution is 0.224. The zero-order chi connectivity index (χ0) is 9.84. The van der Waals surface area contributed by atoms with Crippen LogP contribution in [0.5, 0.6) is 0 Å².